The molecule has 0 spiro atoms. The van der Waals surface area contributed by atoms with E-state index in [1.807, 2.05) is 0 Å². The van der Waals surface area contributed by atoms with Crippen LogP contribution in [0.25, 0.3) is 0 Å². The highest BCUT2D eigenvalue weighted by Gasteiger charge is 2.28. The molecule has 1 atom stereocenters. The summed E-state index contributed by atoms with van der Waals surface area (Å²) in [5.74, 6) is -1.55. The smallest absolute Gasteiger partial charge is 0.322 e. The third-order valence-electron chi connectivity index (χ3n) is 2.03. The molecule has 0 aliphatic carbocycles. The summed E-state index contributed by atoms with van der Waals surface area (Å²) in [4.78, 5) is 10.9. The van der Waals surface area contributed by atoms with Crippen LogP contribution >= 0.6 is 22.9 Å². The molecule has 0 radical (unpaired) electrons. The average Bonchev–Trinajstić information content (AvgIpc) is 2.61. The van der Waals surface area contributed by atoms with Gasteiger partial charge in [-0.3, -0.25) is 4.79 Å². The highest BCUT2D eigenvalue weighted by molar-refractivity contribution is 7.91. The summed E-state index contributed by atoms with van der Waals surface area (Å²) in [6, 6.07) is 1.64. The number of nitrogens with one attached hydrogen (secondary N) is 1. The van der Waals surface area contributed by atoms with E-state index in [9.17, 15) is 13.2 Å². The van der Waals surface area contributed by atoms with E-state index in [-0.39, 0.29) is 10.1 Å². The molecule has 1 unspecified atom stereocenters. The van der Waals surface area contributed by atoms with Gasteiger partial charge in [0.15, 0.2) is 0 Å². The maximum Gasteiger partial charge on any atom is 0.322 e. The predicted octanol–water partition coefficient (Wildman–Crippen LogP) is 1.79. The van der Waals surface area contributed by atoms with Crippen molar-refractivity contribution >= 4 is 38.9 Å². The molecule has 8 heteroatoms. The van der Waals surface area contributed by atoms with Crippen LogP contribution in [0.2, 0.25) is 4.34 Å². The van der Waals surface area contributed by atoms with Gasteiger partial charge in [-0.15, -0.1) is 11.3 Å². The average molecular weight is 298 g/mol. The van der Waals surface area contributed by atoms with Crippen LogP contribution in [-0.4, -0.2) is 25.5 Å². The molecule has 2 N–H and O–H groups in total. The number of halogens is 1. The van der Waals surface area contributed by atoms with Gasteiger partial charge in [0.25, 0.3) is 10.0 Å². The first-order chi connectivity index (χ1) is 7.74. The predicted molar refractivity (Wildman–Crippen MR) is 65.9 cm³/mol. The quantitative estimate of drug-likeness (QED) is 0.868. The molecule has 0 fully saturated rings. The lowest BCUT2D eigenvalue weighted by Crippen LogP contribution is -2.43. The monoisotopic (exact) mass is 297 g/mol. The number of hydrogen-bond donors (Lipinski definition) is 2. The van der Waals surface area contributed by atoms with Gasteiger partial charge in [-0.2, -0.15) is 4.72 Å². The zero-order valence-corrected chi connectivity index (χ0v) is 11.6. The van der Waals surface area contributed by atoms with E-state index in [0.29, 0.717) is 4.34 Å². The highest BCUT2D eigenvalue weighted by Crippen LogP contribution is 2.25. The van der Waals surface area contributed by atoms with Crippen molar-refractivity contribution in [1.29, 1.82) is 0 Å². The second-order valence-corrected chi connectivity index (χ2v) is 7.40. The van der Waals surface area contributed by atoms with Gasteiger partial charge in [-0.05, 0) is 18.1 Å². The Labute approximate surface area is 108 Å². The van der Waals surface area contributed by atoms with E-state index in [4.69, 9.17) is 16.7 Å². The molecule has 0 aromatic carbocycles. The fraction of sp³-hybridized carbons (Fsp3) is 0.444. The molecule has 1 aromatic rings. The van der Waals surface area contributed by atoms with Gasteiger partial charge >= 0.3 is 5.97 Å². The van der Waals surface area contributed by atoms with E-state index < -0.39 is 22.0 Å². The van der Waals surface area contributed by atoms with Crippen molar-refractivity contribution in [2.24, 2.45) is 5.92 Å². The standard InChI is InChI=1S/C9H12ClNO4S2/c1-5(2)8(9(12)13)11-17(14,15)7-4-3-6(10)16-7/h3-5,8,11H,1-2H3,(H,12,13). The number of carbonyl (C=O) groups is 1. The lowest BCUT2D eigenvalue weighted by Gasteiger charge is -2.17. The molecule has 0 amide bonds. The Morgan fingerprint density at radius 3 is 2.41 bits per heavy atom. The Balaban J connectivity index is 2.97. The fourth-order valence-electron chi connectivity index (χ4n) is 1.14. The second kappa shape index (κ2) is 5.34. The largest absolute Gasteiger partial charge is 0.480 e. The van der Waals surface area contributed by atoms with Crippen LogP contribution in [0.4, 0.5) is 0 Å². The second-order valence-electron chi connectivity index (χ2n) is 3.74. The normalized spacial score (nSPS) is 13.9. The molecular formula is C9H12ClNO4S2. The van der Waals surface area contributed by atoms with Gasteiger partial charge in [-0.25, -0.2) is 8.42 Å². The van der Waals surface area contributed by atoms with Crippen molar-refractivity contribution < 1.29 is 18.3 Å². The minimum Gasteiger partial charge on any atom is -0.480 e. The minimum absolute atomic E-state index is 0.00870. The first-order valence-corrected chi connectivity index (χ1v) is 7.42. The Morgan fingerprint density at radius 2 is 2.06 bits per heavy atom. The van der Waals surface area contributed by atoms with Crippen molar-refractivity contribution in [3.8, 4) is 0 Å². The number of carboxylic acid groups (broad SMARTS) is 1. The summed E-state index contributed by atoms with van der Waals surface area (Å²) in [6.07, 6.45) is 0. The summed E-state index contributed by atoms with van der Waals surface area (Å²) in [5.41, 5.74) is 0. The zero-order valence-electron chi connectivity index (χ0n) is 9.18. The van der Waals surface area contributed by atoms with Crippen molar-refractivity contribution in [3.05, 3.63) is 16.5 Å². The van der Waals surface area contributed by atoms with Gasteiger partial charge < -0.3 is 5.11 Å². The number of sulfonamides is 1. The van der Waals surface area contributed by atoms with Crippen molar-refractivity contribution in [2.75, 3.05) is 0 Å². The molecule has 0 saturated carbocycles. The van der Waals surface area contributed by atoms with Crippen LogP contribution in [0.15, 0.2) is 16.3 Å². The molecule has 96 valence electrons. The van der Waals surface area contributed by atoms with Crippen molar-refractivity contribution in [1.82, 2.24) is 4.72 Å². The fourth-order valence-corrected chi connectivity index (χ4v) is 3.98. The molecule has 1 rings (SSSR count). The topological polar surface area (TPSA) is 83.5 Å². The van der Waals surface area contributed by atoms with Gasteiger partial charge in [0.2, 0.25) is 0 Å². The summed E-state index contributed by atoms with van der Waals surface area (Å²) in [7, 11) is -3.83. The lowest BCUT2D eigenvalue weighted by atomic mass is 10.1. The van der Waals surface area contributed by atoms with Crippen molar-refractivity contribution in [3.63, 3.8) is 0 Å². The molecule has 0 aliphatic rings. The molecule has 17 heavy (non-hydrogen) atoms. The van der Waals surface area contributed by atoms with Crippen LogP contribution in [0.1, 0.15) is 13.8 Å². The number of aliphatic carboxylic acids is 1. The molecular weight excluding hydrogens is 286 g/mol. The number of rotatable bonds is 5. The van der Waals surface area contributed by atoms with E-state index in [1.165, 1.54) is 12.1 Å². The third-order valence-corrected chi connectivity index (χ3v) is 5.19. The number of carboxylic acids is 1. The van der Waals surface area contributed by atoms with Gasteiger partial charge in [0.05, 0.1) is 4.34 Å². The summed E-state index contributed by atoms with van der Waals surface area (Å²) < 4.78 is 26.2. The highest BCUT2D eigenvalue weighted by atomic mass is 35.5. The van der Waals surface area contributed by atoms with Crippen LogP contribution < -0.4 is 4.72 Å². The SMILES string of the molecule is CC(C)C(NS(=O)(=O)c1ccc(Cl)s1)C(=O)O. The Bertz CT molecular complexity index is 509. The molecule has 1 aromatic heterocycles. The molecule has 1 heterocycles. The van der Waals surface area contributed by atoms with Crippen LogP contribution in [0, 0.1) is 5.92 Å². The minimum atomic E-state index is -3.83. The van der Waals surface area contributed by atoms with E-state index in [1.54, 1.807) is 13.8 Å². The Hall–Kier alpha value is -0.630. The first-order valence-electron chi connectivity index (χ1n) is 4.74. The third kappa shape index (κ3) is 3.67. The zero-order chi connectivity index (χ0) is 13.2. The Morgan fingerprint density at radius 1 is 1.47 bits per heavy atom. The van der Waals surface area contributed by atoms with E-state index in [2.05, 4.69) is 4.72 Å². The first kappa shape index (κ1) is 14.4. The Kier molecular flexibility index (Phi) is 4.54. The van der Waals surface area contributed by atoms with Crippen LogP contribution in [-0.2, 0) is 14.8 Å². The van der Waals surface area contributed by atoms with Crippen LogP contribution in [0.5, 0.6) is 0 Å². The molecule has 5 nitrogen and oxygen atoms in total. The summed E-state index contributed by atoms with van der Waals surface area (Å²) >= 11 is 6.52. The van der Waals surface area contributed by atoms with Gasteiger partial charge in [0, 0.05) is 0 Å². The molecule has 0 aliphatic heterocycles. The lowest BCUT2D eigenvalue weighted by molar-refractivity contribution is -0.140. The van der Waals surface area contributed by atoms with Crippen LogP contribution in [0.3, 0.4) is 0 Å². The van der Waals surface area contributed by atoms with Gasteiger partial charge in [0.1, 0.15) is 10.3 Å². The molecule has 0 bridgehead atoms. The van der Waals surface area contributed by atoms with E-state index >= 15 is 0 Å². The summed E-state index contributed by atoms with van der Waals surface area (Å²) in [6.45, 7) is 3.26. The van der Waals surface area contributed by atoms with E-state index in [0.717, 1.165) is 11.3 Å². The number of hydrogen-bond acceptors (Lipinski definition) is 4. The number of thiophene rings is 1. The van der Waals surface area contributed by atoms with Crippen molar-refractivity contribution in [2.45, 2.75) is 24.1 Å². The summed E-state index contributed by atoms with van der Waals surface area (Å²) in [5, 5.41) is 8.91. The maximum atomic E-state index is 11.8. The molecule has 0 saturated heterocycles. The van der Waals surface area contributed by atoms with Gasteiger partial charge in [-0.1, -0.05) is 25.4 Å². The maximum absolute atomic E-state index is 11.8.